The summed E-state index contributed by atoms with van der Waals surface area (Å²) in [5.41, 5.74) is 3.10. The van der Waals surface area contributed by atoms with Gasteiger partial charge in [-0.3, -0.25) is 10.1 Å². The van der Waals surface area contributed by atoms with E-state index in [2.05, 4.69) is 21.7 Å². The molecule has 1 aliphatic heterocycles. The summed E-state index contributed by atoms with van der Waals surface area (Å²) < 4.78 is 8.25. The Hall–Kier alpha value is -4.16. The van der Waals surface area contributed by atoms with Crippen LogP contribution in [0.15, 0.2) is 84.6 Å². The minimum absolute atomic E-state index is 0. The molecule has 0 saturated heterocycles. The Bertz CT molecular complexity index is 1640. The van der Waals surface area contributed by atoms with Crippen molar-refractivity contribution in [2.24, 2.45) is 0 Å². The molecule has 190 valence electrons. The number of benzene rings is 3. The molecule has 7 nitrogen and oxygen atoms in total. The quantitative estimate of drug-likeness (QED) is 0.291. The van der Waals surface area contributed by atoms with Gasteiger partial charge in [0.2, 0.25) is 5.91 Å². The zero-order chi connectivity index (χ0) is 25.2. The van der Waals surface area contributed by atoms with Crippen LogP contribution in [0.5, 0.6) is 11.5 Å². The lowest BCUT2D eigenvalue weighted by molar-refractivity contribution is -0.118. The van der Waals surface area contributed by atoms with E-state index in [0.29, 0.717) is 42.3 Å². The number of hydrogen-bond donors (Lipinski definition) is 2. The van der Waals surface area contributed by atoms with Gasteiger partial charge in [0.05, 0.1) is 23.6 Å². The smallest absolute Gasteiger partial charge is 0.241 e. The van der Waals surface area contributed by atoms with Crippen LogP contribution in [0.4, 0.5) is 5.69 Å². The van der Waals surface area contributed by atoms with E-state index in [4.69, 9.17) is 4.74 Å². The van der Waals surface area contributed by atoms with Gasteiger partial charge in [-0.05, 0) is 52.7 Å². The lowest BCUT2D eigenvalue weighted by Crippen LogP contribution is -2.42. The number of nitrogens with zero attached hydrogens (tertiary/aromatic N) is 3. The van der Waals surface area contributed by atoms with Gasteiger partial charge < -0.3 is 14.6 Å². The number of imidazole rings is 1. The summed E-state index contributed by atoms with van der Waals surface area (Å²) in [7, 11) is 0. The van der Waals surface area contributed by atoms with Crippen molar-refractivity contribution in [3.05, 3.63) is 106 Å². The van der Waals surface area contributed by atoms with Crippen molar-refractivity contribution in [2.75, 3.05) is 5.32 Å². The number of aromatic nitrogens is 2. The van der Waals surface area contributed by atoms with E-state index >= 15 is 0 Å². The number of ether oxygens (including phenoxy) is 1. The lowest BCUT2D eigenvalue weighted by atomic mass is 10.1. The first kappa shape index (κ1) is 25.5. The van der Waals surface area contributed by atoms with Crippen LogP contribution >= 0.6 is 23.7 Å². The van der Waals surface area contributed by atoms with E-state index in [1.54, 1.807) is 23.7 Å². The number of carbonyl (C=O) groups is 1. The van der Waals surface area contributed by atoms with Crippen LogP contribution < -0.4 is 15.4 Å². The van der Waals surface area contributed by atoms with Crippen molar-refractivity contribution in [3.63, 3.8) is 0 Å². The van der Waals surface area contributed by atoms with Crippen LogP contribution in [0.2, 0.25) is 0 Å². The summed E-state index contributed by atoms with van der Waals surface area (Å²) in [5.74, 6) is 0.970. The van der Waals surface area contributed by atoms with Crippen LogP contribution in [0.25, 0.3) is 10.8 Å². The van der Waals surface area contributed by atoms with Gasteiger partial charge in [-0.25, -0.2) is 4.98 Å². The van der Waals surface area contributed by atoms with Crippen molar-refractivity contribution in [1.82, 2.24) is 14.9 Å². The van der Waals surface area contributed by atoms with E-state index in [1.165, 1.54) is 0 Å². The highest BCUT2D eigenvalue weighted by Crippen LogP contribution is 2.32. The molecule has 9 heteroatoms. The molecule has 0 unspecified atom stereocenters. The second-order valence-electron chi connectivity index (χ2n) is 8.95. The zero-order valence-electron chi connectivity index (χ0n) is 20.3. The number of halogens is 1. The third-order valence-electron chi connectivity index (χ3n) is 6.49. The average Bonchev–Trinajstić information content (AvgIpc) is 3.58. The van der Waals surface area contributed by atoms with E-state index in [-0.39, 0.29) is 18.3 Å². The van der Waals surface area contributed by atoms with Crippen molar-refractivity contribution < 1.29 is 9.53 Å². The first-order valence-electron chi connectivity index (χ1n) is 12.0. The van der Waals surface area contributed by atoms with Gasteiger partial charge in [0.1, 0.15) is 17.6 Å². The molecule has 0 radical (unpaired) electrons. The second kappa shape index (κ2) is 11.1. The molecule has 38 heavy (non-hydrogen) atoms. The maximum absolute atomic E-state index is 13.6. The first-order chi connectivity index (χ1) is 18.2. The summed E-state index contributed by atoms with van der Waals surface area (Å²) in [6, 6.07) is 23.0. The molecule has 6 rings (SSSR count). The average molecular weight is 542 g/mol. The van der Waals surface area contributed by atoms with Crippen molar-refractivity contribution in [2.45, 2.75) is 25.6 Å². The monoisotopic (exact) mass is 541 g/mol. The summed E-state index contributed by atoms with van der Waals surface area (Å²) in [5, 5.41) is 20.1. The van der Waals surface area contributed by atoms with Crippen LogP contribution in [0.3, 0.4) is 0 Å². The molecule has 3 aromatic carbocycles. The van der Waals surface area contributed by atoms with Crippen molar-refractivity contribution in [3.8, 4) is 17.6 Å². The molecule has 0 spiro atoms. The summed E-state index contributed by atoms with van der Waals surface area (Å²) >= 11 is 1.64. The predicted octanol–water partition coefficient (Wildman–Crippen LogP) is 5.88. The van der Waals surface area contributed by atoms with Crippen LogP contribution in [-0.4, -0.2) is 21.5 Å². The third kappa shape index (κ3) is 5.27. The molecule has 0 saturated carbocycles. The highest BCUT2D eigenvalue weighted by Gasteiger charge is 2.21. The van der Waals surface area contributed by atoms with E-state index in [0.717, 1.165) is 26.9 Å². The van der Waals surface area contributed by atoms with Gasteiger partial charge >= 0.3 is 0 Å². The fourth-order valence-corrected chi connectivity index (χ4v) is 5.31. The molecule has 1 atom stereocenters. The molecule has 0 fully saturated rings. The summed E-state index contributed by atoms with van der Waals surface area (Å²) in [4.78, 5) is 19.0. The van der Waals surface area contributed by atoms with Gasteiger partial charge in [-0.2, -0.15) is 5.26 Å². The normalized spacial score (nSPS) is 15.1. The molecular weight excluding hydrogens is 518 g/mol. The molecular formula is C29H24ClN5O2S. The Morgan fingerprint density at radius 2 is 2.05 bits per heavy atom. The Labute approximate surface area is 230 Å². The minimum atomic E-state index is -0.439. The van der Waals surface area contributed by atoms with Gasteiger partial charge in [0.15, 0.2) is 0 Å². The topological polar surface area (TPSA) is 92.0 Å². The number of rotatable bonds is 2. The predicted molar refractivity (Wildman–Crippen MR) is 151 cm³/mol. The highest BCUT2D eigenvalue weighted by molar-refractivity contribution is 7.09. The molecule has 2 aromatic heterocycles. The van der Waals surface area contributed by atoms with Crippen LogP contribution in [0.1, 0.15) is 21.7 Å². The van der Waals surface area contributed by atoms with E-state index < -0.39 is 6.04 Å². The molecule has 4 bridgehead atoms. The Morgan fingerprint density at radius 3 is 2.89 bits per heavy atom. The SMILES string of the molecule is Cl.N#Cc1ccc2cc1Oc1ccc3cccc(c3c1)NC(=O)[C@@H](Cc1cccs1)NCc1cncn1C2. The first-order valence-corrected chi connectivity index (χ1v) is 12.8. The minimum Gasteiger partial charge on any atom is -0.456 e. The molecule has 1 amide bonds. The molecule has 1 aliphatic rings. The van der Waals surface area contributed by atoms with Gasteiger partial charge in [-0.1, -0.05) is 30.3 Å². The number of nitriles is 1. The maximum atomic E-state index is 13.6. The number of hydrogen-bond acceptors (Lipinski definition) is 6. The number of carbonyl (C=O) groups excluding carboxylic acids is 1. The lowest BCUT2D eigenvalue weighted by Gasteiger charge is -2.20. The molecule has 5 aromatic rings. The summed E-state index contributed by atoms with van der Waals surface area (Å²) in [6.45, 7) is 1.03. The number of anilines is 1. The molecule has 2 N–H and O–H groups in total. The van der Waals surface area contributed by atoms with Gasteiger partial charge in [0.25, 0.3) is 0 Å². The van der Waals surface area contributed by atoms with Gasteiger partial charge in [-0.15, -0.1) is 23.7 Å². The highest BCUT2D eigenvalue weighted by atomic mass is 35.5. The van der Waals surface area contributed by atoms with E-state index in [1.807, 2.05) is 76.8 Å². The standard InChI is InChI=1S/C29H23N5O2S.ClH/c30-14-21-7-6-19-11-28(21)36-23-9-8-20-3-1-5-26(25(20)12-23)33-29(35)27(13-24-4-2-10-37-24)32-16-22-15-31-18-34(22)17-19;/h1-12,15,18,27,32H,13,16-17H2,(H,33,35);1H/t27-;/m1./s1. The number of fused-ring (bicyclic) bond motifs is 4. The third-order valence-corrected chi connectivity index (χ3v) is 7.39. The fourth-order valence-electron chi connectivity index (χ4n) is 4.56. The number of thiophene rings is 1. The zero-order valence-corrected chi connectivity index (χ0v) is 21.9. The Balaban J connectivity index is 0.00000294. The maximum Gasteiger partial charge on any atom is 0.241 e. The Morgan fingerprint density at radius 1 is 1.13 bits per heavy atom. The fraction of sp³-hybridized carbons (Fsp3) is 0.138. The van der Waals surface area contributed by atoms with Crippen LogP contribution in [-0.2, 0) is 24.3 Å². The summed E-state index contributed by atoms with van der Waals surface area (Å²) in [6.07, 6.45) is 4.16. The number of nitrogens with one attached hydrogen (secondary N) is 2. The number of amides is 1. The van der Waals surface area contributed by atoms with Gasteiger partial charge in [0, 0.05) is 41.7 Å². The largest absolute Gasteiger partial charge is 0.456 e. The Kier molecular flexibility index (Phi) is 7.43. The van der Waals surface area contributed by atoms with Crippen molar-refractivity contribution in [1.29, 1.82) is 5.26 Å². The molecule has 3 heterocycles. The molecule has 0 aliphatic carbocycles. The van der Waals surface area contributed by atoms with Crippen molar-refractivity contribution >= 4 is 46.1 Å². The van der Waals surface area contributed by atoms with E-state index in [9.17, 15) is 10.1 Å². The second-order valence-corrected chi connectivity index (χ2v) is 9.98. The van der Waals surface area contributed by atoms with Crippen LogP contribution in [0, 0.1) is 11.3 Å².